The first-order valence-electron chi connectivity index (χ1n) is 8.55. The Morgan fingerprint density at radius 2 is 1.48 bits per heavy atom. The zero-order valence-electron chi connectivity index (χ0n) is 13.9. The molecule has 2 heterocycles. The van der Waals surface area contributed by atoms with Crippen LogP contribution in [-0.2, 0) is 16.6 Å². The second kappa shape index (κ2) is 6.72. The fourth-order valence-corrected chi connectivity index (χ4v) is 5.75. The average Bonchev–Trinajstić information content (AvgIpc) is 3.17. The van der Waals surface area contributed by atoms with Crippen LogP contribution < -0.4 is 0 Å². The van der Waals surface area contributed by atoms with Crippen molar-refractivity contribution in [2.45, 2.75) is 11.4 Å². The van der Waals surface area contributed by atoms with E-state index in [0.29, 0.717) is 29.8 Å². The molecule has 0 saturated carbocycles. The third-order valence-corrected chi connectivity index (χ3v) is 7.48. The number of hydrogen-bond acceptors (Lipinski definition) is 3. The van der Waals surface area contributed by atoms with Gasteiger partial charge in [-0.05, 0) is 35.6 Å². The van der Waals surface area contributed by atoms with Gasteiger partial charge < -0.3 is 0 Å². The first kappa shape index (κ1) is 17.0. The standard InChI is InChI=1S/C19H21ClN2O2S/c20-19-9-5-4-6-15(19)10-21-11-16-13-22(14-17(16)12-21)25(23,24)18-7-2-1-3-8-18/h1-9,16-17H,10-14H2/t16-,17-/m0/s1. The lowest BCUT2D eigenvalue weighted by molar-refractivity contribution is 0.290. The van der Waals surface area contributed by atoms with Gasteiger partial charge in [0.15, 0.2) is 0 Å². The van der Waals surface area contributed by atoms with Gasteiger partial charge in [0.05, 0.1) is 4.90 Å². The molecule has 0 bridgehead atoms. The lowest BCUT2D eigenvalue weighted by atomic mass is 10.0. The van der Waals surface area contributed by atoms with E-state index in [0.717, 1.165) is 30.2 Å². The van der Waals surface area contributed by atoms with E-state index < -0.39 is 10.0 Å². The quantitative estimate of drug-likeness (QED) is 0.823. The lowest BCUT2D eigenvalue weighted by Gasteiger charge is -2.21. The van der Waals surface area contributed by atoms with E-state index in [1.54, 1.807) is 28.6 Å². The van der Waals surface area contributed by atoms with Gasteiger partial charge in [0.1, 0.15) is 0 Å². The molecule has 6 heteroatoms. The molecule has 0 amide bonds. The molecule has 4 nitrogen and oxygen atoms in total. The molecule has 2 saturated heterocycles. The Balaban J connectivity index is 1.42. The first-order valence-corrected chi connectivity index (χ1v) is 10.4. The van der Waals surface area contributed by atoms with Crippen LogP contribution in [0.15, 0.2) is 59.5 Å². The van der Waals surface area contributed by atoms with Gasteiger partial charge in [-0.2, -0.15) is 4.31 Å². The highest BCUT2D eigenvalue weighted by Gasteiger charge is 2.44. The van der Waals surface area contributed by atoms with E-state index in [1.165, 1.54) is 0 Å². The van der Waals surface area contributed by atoms with Crippen LogP contribution in [-0.4, -0.2) is 43.8 Å². The van der Waals surface area contributed by atoms with E-state index in [-0.39, 0.29) is 0 Å². The number of halogens is 1. The number of likely N-dealkylation sites (tertiary alicyclic amines) is 1. The number of sulfonamides is 1. The summed E-state index contributed by atoms with van der Waals surface area (Å²) in [5, 5.41) is 0.799. The van der Waals surface area contributed by atoms with Crippen LogP contribution in [0.4, 0.5) is 0 Å². The molecule has 0 unspecified atom stereocenters. The minimum atomic E-state index is -3.37. The molecule has 2 fully saturated rings. The highest BCUT2D eigenvalue weighted by molar-refractivity contribution is 7.89. The van der Waals surface area contributed by atoms with E-state index in [9.17, 15) is 8.42 Å². The zero-order valence-corrected chi connectivity index (χ0v) is 15.5. The largest absolute Gasteiger partial charge is 0.298 e. The Kier molecular flexibility index (Phi) is 4.58. The molecular weight excluding hydrogens is 356 g/mol. The maximum atomic E-state index is 12.8. The molecule has 0 aromatic heterocycles. The third-order valence-electron chi connectivity index (χ3n) is 5.26. The summed E-state index contributed by atoms with van der Waals surface area (Å²) >= 11 is 6.26. The summed E-state index contributed by atoms with van der Waals surface area (Å²) in [5.41, 5.74) is 1.14. The molecule has 2 atom stereocenters. The fraction of sp³-hybridized carbons (Fsp3) is 0.368. The predicted molar refractivity (Wildman–Crippen MR) is 98.9 cm³/mol. The molecule has 0 aliphatic carbocycles. The summed E-state index contributed by atoms with van der Waals surface area (Å²) in [6, 6.07) is 16.7. The third kappa shape index (κ3) is 3.34. The van der Waals surface area contributed by atoms with E-state index in [2.05, 4.69) is 11.0 Å². The summed E-state index contributed by atoms with van der Waals surface area (Å²) in [6.45, 7) is 3.91. The van der Waals surface area contributed by atoms with E-state index >= 15 is 0 Å². The predicted octanol–water partition coefficient (Wildman–Crippen LogP) is 3.09. The molecule has 0 spiro atoms. The molecule has 2 aliphatic heterocycles. The van der Waals surface area contributed by atoms with Crippen LogP contribution in [0.25, 0.3) is 0 Å². The van der Waals surface area contributed by atoms with Crippen molar-refractivity contribution in [2.75, 3.05) is 26.2 Å². The maximum Gasteiger partial charge on any atom is 0.243 e. The SMILES string of the molecule is O=S(=O)(c1ccccc1)N1C[C@@H]2CN(Cc3ccccc3Cl)C[C@H]2C1. The van der Waals surface area contributed by atoms with Crippen molar-refractivity contribution >= 4 is 21.6 Å². The van der Waals surface area contributed by atoms with E-state index in [1.807, 2.05) is 24.3 Å². The topological polar surface area (TPSA) is 40.6 Å². The van der Waals surface area contributed by atoms with Gasteiger partial charge in [-0.15, -0.1) is 0 Å². The second-order valence-electron chi connectivity index (χ2n) is 6.94. The Morgan fingerprint density at radius 1 is 0.880 bits per heavy atom. The van der Waals surface area contributed by atoms with Crippen LogP contribution >= 0.6 is 11.6 Å². The van der Waals surface area contributed by atoms with Gasteiger partial charge in [0.2, 0.25) is 10.0 Å². The molecular formula is C19H21ClN2O2S. The van der Waals surface area contributed by atoms with Crippen molar-refractivity contribution in [3.05, 3.63) is 65.2 Å². The summed E-state index contributed by atoms with van der Waals surface area (Å²) in [6.07, 6.45) is 0. The van der Waals surface area contributed by atoms with Gasteiger partial charge >= 0.3 is 0 Å². The van der Waals surface area contributed by atoms with E-state index in [4.69, 9.17) is 11.6 Å². The minimum Gasteiger partial charge on any atom is -0.298 e. The van der Waals surface area contributed by atoms with Gasteiger partial charge in [-0.3, -0.25) is 4.90 Å². The summed E-state index contributed by atoms with van der Waals surface area (Å²) in [4.78, 5) is 2.78. The smallest absolute Gasteiger partial charge is 0.243 e. The number of hydrogen-bond donors (Lipinski definition) is 0. The van der Waals surface area contributed by atoms with Gasteiger partial charge in [0.25, 0.3) is 0 Å². The van der Waals surface area contributed by atoms with Crippen molar-refractivity contribution in [1.29, 1.82) is 0 Å². The van der Waals surface area contributed by atoms with Crippen molar-refractivity contribution in [1.82, 2.24) is 9.21 Å². The molecule has 2 aliphatic rings. The average molecular weight is 377 g/mol. The molecule has 25 heavy (non-hydrogen) atoms. The lowest BCUT2D eigenvalue weighted by Crippen LogP contribution is -2.33. The molecule has 132 valence electrons. The molecule has 0 radical (unpaired) electrons. The number of nitrogens with zero attached hydrogens (tertiary/aromatic N) is 2. The summed E-state index contributed by atoms with van der Waals surface area (Å²) in [5.74, 6) is 0.807. The Labute approximate surface area is 154 Å². The van der Waals surface area contributed by atoms with Gasteiger partial charge in [-0.1, -0.05) is 48.0 Å². The highest BCUT2D eigenvalue weighted by atomic mass is 35.5. The van der Waals surface area contributed by atoms with Crippen LogP contribution in [0.1, 0.15) is 5.56 Å². The van der Waals surface area contributed by atoms with Crippen molar-refractivity contribution < 1.29 is 8.42 Å². The molecule has 4 rings (SSSR count). The second-order valence-corrected chi connectivity index (χ2v) is 9.29. The molecule has 0 N–H and O–H groups in total. The number of rotatable bonds is 4. The van der Waals surface area contributed by atoms with Crippen LogP contribution in [0.2, 0.25) is 5.02 Å². The van der Waals surface area contributed by atoms with Crippen molar-refractivity contribution in [3.8, 4) is 0 Å². The van der Waals surface area contributed by atoms with Crippen molar-refractivity contribution in [3.63, 3.8) is 0 Å². The zero-order chi connectivity index (χ0) is 17.4. The highest BCUT2D eigenvalue weighted by Crippen LogP contribution is 2.35. The number of fused-ring (bicyclic) bond motifs is 1. The Hall–Kier alpha value is -1.40. The maximum absolute atomic E-state index is 12.8. The number of benzene rings is 2. The van der Waals surface area contributed by atoms with Gasteiger partial charge in [-0.25, -0.2) is 8.42 Å². The van der Waals surface area contributed by atoms with Crippen molar-refractivity contribution in [2.24, 2.45) is 11.8 Å². The monoisotopic (exact) mass is 376 g/mol. The first-order chi connectivity index (χ1) is 12.0. The summed E-state index contributed by atoms with van der Waals surface area (Å²) < 4.78 is 27.2. The summed E-state index contributed by atoms with van der Waals surface area (Å²) in [7, 11) is -3.37. The van der Waals surface area contributed by atoms with Crippen LogP contribution in [0.3, 0.4) is 0 Å². The fourth-order valence-electron chi connectivity index (χ4n) is 3.98. The van der Waals surface area contributed by atoms with Crippen LogP contribution in [0.5, 0.6) is 0 Å². The van der Waals surface area contributed by atoms with Crippen LogP contribution in [0, 0.1) is 11.8 Å². The molecule has 2 aromatic carbocycles. The minimum absolute atomic E-state index is 0.392. The van der Waals surface area contributed by atoms with Gasteiger partial charge in [0, 0.05) is 37.7 Å². The molecule has 2 aromatic rings. The normalized spacial score (nSPS) is 24.5. The Bertz CT molecular complexity index is 843. The Morgan fingerprint density at radius 3 is 2.12 bits per heavy atom.